The number of ether oxygens (including phenoxy) is 1. The first-order valence-electron chi connectivity index (χ1n) is 12.7. The van der Waals surface area contributed by atoms with Gasteiger partial charge in [0.15, 0.2) is 5.78 Å². The molecule has 10 heteroatoms. The van der Waals surface area contributed by atoms with E-state index >= 15 is 0 Å². The van der Waals surface area contributed by atoms with Crippen molar-refractivity contribution in [3.8, 4) is 0 Å². The van der Waals surface area contributed by atoms with Crippen molar-refractivity contribution in [1.82, 2.24) is 28.5 Å². The van der Waals surface area contributed by atoms with Crippen molar-refractivity contribution in [2.75, 3.05) is 7.11 Å². The first-order chi connectivity index (χ1) is 18.5. The Morgan fingerprint density at radius 1 is 1.11 bits per heavy atom. The van der Waals surface area contributed by atoms with Crippen molar-refractivity contribution in [2.45, 2.75) is 51.0 Å². The predicted molar refractivity (Wildman–Crippen MR) is 142 cm³/mol. The van der Waals surface area contributed by atoms with E-state index in [0.717, 1.165) is 28.1 Å². The van der Waals surface area contributed by atoms with Crippen molar-refractivity contribution in [3.63, 3.8) is 0 Å². The molecular weight excluding hydrogens is 504 g/mol. The van der Waals surface area contributed by atoms with E-state index in [1.807, 2.05) is 27.3 Å². The van der Waals surface area contributed by atoms with Crippen LogP contribution in [-0.2, 0) is 28.9 Å². The number of aromatic nitrogens is 6. The predicted octanol–water partition coefficient (Wildman–Crippen LogP) is 4.68. The number of nitrogens with zero attached hydrogens (tertiary/aromatic N) is 6. The Hall–Kier alpha value is -3.98. The lowest BCUT2D eigenvalue weighted by Crippen LogP contribution is -2.04. The van der Waals surface area contributed by atoms with E-state index in [-0.39, 0.29) is 11.8 Å². The molecule has 194 valence electrons. The molecular formula is C28H27ClN6O3. The number of imidazole rings is 2. The van der Waals surface area contributed by atoms with Gasteiger partial charge in [0.2, 0.25) is 0 Å². The van der Waals surface area contributed by atoms with Gasteiger partial charge in [0.25, 0.3) is 0 Å². The van der Waals surface area contributed by atoms with Gasteiger partial charge in [-0.15, -0.1) is 0 Å². The standard InChI is InChI=1S/C28H27ClN6O3/c1-38-27(37)7-4-19-10-20(18-2-3-18)13-34-15-23(32-28(19)34)16-35-14-21(12-31-35)26(36)6-5-24-25-11-22(29)8-9-33(25)17-30-24/h8-15,17-18H,2-7,16H2,1H3. The number of carbonyl (C=O) groups is 2. The van der Waals surface area contributed by atoms with E-state index in [4.69, 9.17) is 21.3 Å². The summed E-state index contributed by atoms with van der Waals surface area (Å²) in [7, 11) is 1.41. The van der Waals surface area contributed by atoms with Gasteiger partial charge in [-0.1, -0.05) is 17.7 Å². The summed E-state index contributed by atoms with van der Waals surface area (Å²) in [6, 6.07) is 5.84. The third-order valence-electron chi connectivity index (χ3n) is 7.02. The van der Waals surface area contributed by atoms with Crippen LogP contribution in [0.15, 0.2) is 55.5 Å². The van der Waals surface area contributed by atoms with Crippen molar-refractivity contribution in [2.24, 2.45) is 0 Å². The van der Waals surface area contributed by atoms with Crippen LogP contribution in [0.3, 0.4) is 0 Å². The van der Waals surface area contributed by atoms with Gasteiger partial charge in [-0.25, -0.2) is 9.97 Å². The maximum Gasteiger partial charge on any atom is 0.305 e. The quantitative estimate of drug-likeness (QED) is 0.192. The van der Waals surface area contributed by atoms with Gasteiger partial charge in [0, 0.05) is 42.7 Å². The normalized spacial score (nSPS) is 13.4. The third kappa shape index (κ3) is 5.06. The first-order valence-corrected chi connectivity index (χ1v) is 13.1. The SMILES string of the molecule is COC(=O)CCc1cc(C2CC2)cn2cc(Cn3cc(C(=O)CCc4ncn5ccc(Cl)cc45)cn3)nc12. The van der Waals surface area contributed by atoms with Crippen LogP contribution in [0, 0.1) is 0 Å². The zero-order chi connectivity index (χ0) is 26.2. The van der Waals surface area contributed by atoms with E-state index in [2.05, 4.69) is 22.3 Å². The van der Waals surface area contributed by atoms with Crippen LogP contribution < -0.4 is 0 Å². The van der Waals surface area contributed by atoms with E-state index in [1.54, 1.807) is 29.5 Å². The summed E-state index contributed by atoms with van der Waals surface area (Å²) in [5.74, 6) is 0.359. The number of hydrogen-bond donors (Lipinski definition) is 0. The minimum absolute atomic E-state index is 0.00796. The van der Waals surface area contributed by atoms with Gasteiger partial charge in [-0.2, -0.15) is 5.10 Å². The smallest absolute Gasteiger partial charge is 0.305 e. The Labute approximate surface area is 224 Å². The average molecular weight is 531 g/mol. The lowest BCUT2D eigenvalue weighted by molar-refractivity contribution is -0.140. The highest BCUT2D eigenvalue weighted by Gasteiger charge is 2.25. The number of rotatable bonds is 10. The van der Waals surface area contributed by atoms with Gasteiger partial charge in [-0.3, -0.25) is 14.3 Å². The maximum absolute atomic E-state index is 12.9. The molecule has 0 N–H and O–H groups in total. The second-order valence-electron chi connectivity index (χ2n) is 9.79. The summed E-state index contributed by atoms with van der Waals surface area (Å²) < 4.78 is 10.5. The Morgan fingerprint density at radius 3 is 2.79 bits per heavy atom. The summed E-state index contributed by atoms with van der Waals surface area (Å²) in [5.41, 5.74) is 6.29. The molecule has 5 aromatic rings. The Balaban J connectivity index is 1.16. The van der Waals surface area contributed by atoms with Gasteiger partial charge >= 0.3 is 5.97 Å². The van der Waals surface area contributed by atoms with E-state index in [9.17, 15) is 9.59 Å². The lowest BCUT2D eigenvalue weighted by Gasteiger charge is -2.07. The molecule has 0 atom stereocenters. The van der Waals surface area contributed by atoms with Crippen LogP contribution in [0.2, 0.25) is 5.02 Å². The topological polar surface area (TPSA) is 95.8 Å². The molecule has 5 aromatic heterocycles. The van der Waals surface area contributed by atoms with Gasteiger partial charge in [0.1, 0.15) is 5.65 Å². The van der Waals surface area contributed by atoms with Crippen LogP contribution in [0.4, 0.5) is 0 Å². The Kier molecular flexibility index (Phi) is 6.45. The summed E-state index contributed by atoms with van der Waals surface area (Å²) >= 11 is 6.12. The number of methoxy groups -OCH3 is 1. The highest BCUT2D eigenvalue weighted by molar-refractivity contribution is 6.30. The summed E-state index contributed by atoms with van der Waals surface area (Å²) in [5, 5.41) is 5.04. The molecule has 0 radical (unpaired) electrons. The summed E-state index contributed by atoms with van der Waals surface area (Å²) in [6.07, 6.45) is 15.2. The van der Waals surface area contributed by atoms with Crippen LogP contribution in [-0.4, -0.2) is 47.4 Å². The van der Waals surface area contributed by atoms with Crippen molar-refractivity contribution in [1.29, 1.82) is 0 Å². The fraction of sp³-hybridized carbons (Fsp3) is 0.321. The Morgan fingerprint density at radius 2 is 1.97 bits per heavy atom. The molecule has 0 bridgehead atoms. The molecule has 0 unspecified atom stereocenters. The minimum atomic E-state index is -0.231. The first kappa shape index (κ1) is 24.4. The lowest BCUT2D eigenvalue weighted by atomic mass is 10.1. The van der Waals surface area contributed by atoms with Crippen LogP contribution in [0.1, 0.15) is 64.5 Å². The zero-order valence-corrected chi connectivity index (χ0v) is 21.8. The molecule has 9 nitrogen and oxygen atoms in total. The molecule has 1 fully saturated rings. The molecule has 1 saturated carbocycles. The number of hydrogen-bond acceptors (Lipinski definition) is 6. The van der Waals surface area contributed by atoms with Gasteiger partial charge in [-0.05, 0) is 54.9 Å². The van der Waals surface area contributed by atoms with Crippen molar-refractivity contribution in [3.05, 3.63) is 88.6 Å². The number of Topliss-reactive ketones (excluding diaryl/α,β-unsaturated/α-hetero) is 1. The van der Waals surface area contributed by atoms with Gasteiger partial charge < -0.3 is 13.5 Å². The minimum Gasteiger partial charge on any atom is -0.469 e. The summed E-state index contributed by atoms with van der Waals surface area (Å²) in [4.78, 5) is 33.9. The van der Waals surface area contributed by atoms with Crippen LogP contribution >= 0.6 is 11.6 Å². The number of halogens is 1. The molecule has 5 heterocycles. The molecule has 0 aromatic carbocycles. The number of fused-ring (bicyclic) bond motifs is 2. The van der Waals surface area contributed by atoms with Crippen molar-refractivity contribution < 1.29 is 14.3 Å². The molecule has 0 aliphatic heterocycles. The third-order valence-corrected chi connectivity index (χ3v) is 7.26. The monoisotopic (exact) mass is 530 g/mol. The van der Waals surface area contributed by atoms with E-state index in [0.29, 0.717) is 48.7 Å². The Bertz CT molecular complexity index is 1660. The van der Waals surface area contributed by atoms with E-state index in [1.165, 1.54) is 25.5 Å². The zero-order valence-electron chi connectivity index (χ0n) is 21.0. The summed E-state index contributed by atoms with van der Waals surface area (Å²) in [6.45, 7) is 0.439. The average Bonchev–Trinajstić information content (AvgIpc) is 3.33. The number of pyridine rings is 2. The van der Waals surface area contributed by atoms with Gasteiger partial charge in [0.05, 0.1) is 48.6 Å². The highest BCUT2D eigenvalue weighted by Crippen LogP contribution is 2.40. The van der Waals surface area contributed by atoms with Crippen molar-refractivity contribution >= 4 is 34.5 Å². The van der Waals surface area contributed by atoms with E-state index < -0.39 is 0 Å². The molecule has 0 amide bonds. The second kappa shape index (κ2) is 10.1. The molecule has 6 rings (SSSR count). The number of ketones is 1. The fourth-order valence-corrected chi connectivity index (χ4v) is 4.99. The van der Waals surface area contributed by atoms with Crippen LogP contribution in [0.25, 0.3) is 11.2 Å². The largest absolute Gasteiger partial charge is 0.469 e. The van der Waals surface area contributed by atoms with Crippen LogP contribution in [0.5, 0.6) is 0 Å². The highest BCUT2D eigenvalue weighted by atomic mass is 35.5. The maximum atomic E-state index is 12.9. The molecule has 38 heavy (non-hydrogen) atoms. The molecule has 1 aliphatic rings. The molecule has 0 spiro atoms. The molecule has 1 aliphatic carbocycles. The molecule has 0 saturated heterocycles. The fourth-order valence-electron chi connectivity index (χ4n) is 4.83. The number of carbonyl (C=O) groups excluding carboxylic acids is 2. The number of aryl methyl sites for hydroxylation is 2. The second-order valence-corrected chi connectivity index (χ2v) is 10.2. The number of esters is 1.